The summed E-state index contributed by atoms with van der Waals surface area (Å²) in [7, 11) is 0. The zero-order valence-corrected chi connectivity index (χ0v) is 20.0. The second-order valence-electron chi connectivity index (χ2n) is 8.36. The number of fused-ring (bicyclic) bond motifs is 2. The van der Waals surface area contributed by atoms with Gasteiger partial charge >= 0.3 is 5.63 Å². The molecule has 1 aliphatic heterocycles. The molecular formula is C26H27N3O4S. The van der Waals surface area contributed by atoms with E-state index in [-0.39, 0.29) is 11.5 Å². The molecule has 5 rings (SSSR count). The molecule has 0 spiro atoms. The van der Waals surface area contributed by atoms with Crippen LogP contribution in [0, 0.1) is 0 Å². The van der Waals surface area contributed by atoms with Gasteiger partial charge in [-0.15, -0.1) is 0 Å². The maximum absolute atomic E-state index is 13.7. The number of carbonyl (C=O) groups excluding carboxylic acids is 1. The molecule has 8 heteroatoms. The van der Waals surface area contributed by atoms with Gasteiger partial charge in [-0.05, 0) is 36.6 Å². The van der Waals surface area contributed by atoms with Crippen molar-refractivity contribution in [1.82, 2.24) is 9.88 Å². The van der Waals surface area contributed by atoms with E-state index in [0.717, 1.165) is 66.9 Å². The lowest BCUT2D eigenvalue weighted by atomic mass is 10.1. The predicted molar refractivity (Wildman–Crippen MR) is 135 cm³/mol. The van der Waals surface area contributed by atoms with Crippen LogP contribution in [0.25, 0.3) is 21.2 Å². The largest absolute Gasteiger partial charge is 0.422 e. The first kappa shape index (κ1) is 22.7. The molecule has 2 aromatic carbocycles. The highest BCUT2D eigenvalue weighted by atomic mass is 32.1. The van der Waals surface area contributed by atoms with Crippen LogP contribution >= 0.6 is 11.3 Å². The number of nitrogens with zero attached hydrogens (tertiary/aromatic N) is 3. The minimum atomic E-state index is -0.628. The van der Waals surface area contributed by atoms with Crippen LogP contribution in [0.4, 0.5) is 5.13 Å². The molecular weight excluding hydrogens is 450 g/mol. The smallest absolute Gasteiger partial charge is 0.349 e. The van der Waals surface area contributed by atoms with E-state index in [4.69, 9.17) is 14.1 Å². The fourth-order valence-corrected chi connectivity index (χ4v) is 5.35. The lowest BCUT2D eigenvalue weighted by Crippen LogP contribution is -2.40. The van der Waals surface area contributed by atoms with Gasteiger partial charge in [-0.1, -0.05) is 48.6 Å². The monoisotopic (exact) mass is 477 g/mol. The summed E-state index contributed by atoms with van der Waals surface area (Å²) >= 11 is 1.48. The Labute approximate surface area is 201 Å². The van der Waals surface area contributed by atoms with Crippen molar-refractivity contribution in [3.8, 4) is 0 Å². The van der Waals surface area contributed by atoms with Crippen LogP contribution in [-0.4, -0.2) is 55.2 Å². The van der Waals surface area contributed by atoms with Crippen molar-refractivity contribution >= 4 is 43.6 Å². The van der Waals surface area contributed by atoms with E-state index >= 15 is 0 Å². The molecule has 0 atom stereocenters. The molecule has 0 bridgehead atoms. The lowest BCUT2D eigenvalue weighted by molar-refractivity contribution is 0.0376. The van der Waals surface area contributed by atoms with Crippen molar-refractivity contribution in [2.24, 2.45) is 0 Å². The van der Waals surface area contributed by atoms with Gasteiger partial charge in [-0.3, -0.25) is 14.6 Å². The van der Waals surface area contributed by atoms with E-state index in [1.165, 1.54) is 11.3 Å². The van der Waals surface area contributed by atoms with Gasteiger partial charge in [0.1, 0.15) is 11.1 Å². The normalized spacial score (nSPS) is 14.6. The van der Waals surface area contributed by atoms with Crippen molar-refractivity contribution in [3.05, 3.63) is 70.1 Å². The number of rotatable bonds is 7. The Balaban J connectivity index is 1.49. The molecule has 7 nitrogen and oxygen atoms in total. The van der Waals surface area contributed by atoms with Crippen LogP contribution in [-0.2, 0) is 11.2 Å². The summed E-state index contributed by atoms with van der Waals surface area (Å²) < 4.78 is 11.9. The molecule has 176 valence electrons. The Morgan fingerprint density at radius 2 is 1.97 bits per heavy atom. The molecule has 3 heterocycles. The van der Waals surface area contributed by atoms with Crippen molar-refractivity contribution in [2.45, 2.75) is 19.8 Å². The summed E-state index contributed by atoms with van der Waals surface area (Å²) in [6.07, 6.45) is 1.63. The number of aryl methyl sites for hydroxylation is 1. The molecule has 1 saturated heterocycles. The Morgan fingerprint density at radius 3 is 2.79 bits per heavy atom. The second kappa shape index (κ2) is 10.0. The SMILES string of the molecule is CCc1cccc2sc(N(CCCN3CCOCC3)C(=O)c3cc4ccccc4oc3=O)nc12. The van der Waals surface area contributed by atoms with Crippen molar-refractivity contribution in [1.29, 1.82) is 0 Å². The molecule has 0 radical (unpaired) electrons. The fourth-order valence-electron chi connectivity index (χ4n) is 4.31. The van der Waals surface area contributed by atoms with E-state index in [9.17, 15) is 9.59 Å². The molecule has 2 aromatic heterocycles. The molecule has 1 amide bonds. The highest BCUT2D eigenvalue weighted by Crippen LogP contribution is 2.32. The van der Waals surface area contributed by atoms with Gasteiger partial charge in [0.2, 0.25) is 0 Å². The van der Waals surface area contributed by atoms with E-state index in [2.05, 4.69) is 17.9 Å². The highest BCUT2D eigenvalue weighted by molar-refractivity contribution is 7.22. The molecule has 0 N–H and O–H groups in total. The van der Waals surface area contributed by atoms with Crippen LogP contribution in [0.5, 0.6) is 0 Å². The number of carbonyl (C=O) groups is 1. The van der Waals surface area contributed by atoms with E-state index in [1.807, 2.05) is 24.3 Å². The number of hydrogen-bond acceptors (Lipinski definition) is 7. The molecule has 0 unspecified atom stereocenters. The van der Waals surface area contributed by atoms with E-state index in [1.54, 1.807) is 23.1 Å². The first-order valence-electron chi connectivity index (χ1n) is 11.7. The minimum absolute atomic E-state index is 0.0278. The molecule has 0 saturated carbocycles. The third kappa shape index (κ3) is 4.61. The van der Waals surface area contributed by atoms with Gasteiger partial charge in [-0.2, -0.15) is 0 Å². The highest BCUT2D eigenvalue weighted by Gasteiger charge is 2.25. The van der Waals surface area contributed by atoms with E-state index < -0.39 is 5.63 Å². The number of morpholine rings is 1. The molecule has 34 heavy (non-hydrogen) atoms. The number of thiazole rings is 1. The fraction of sp³-hybridized carbons (Fsp3) is 0.346. The van der Waals surface area contributed by atoms with Gasteiger partial charge in [-0.25, -0.2) is 9.78 Å². The Bertz CT molecular complexity index is 1370. The number of para-hydroxylation sites is 2. The third-order valence-electron chi connectivity index (χ3n) is 6.18. The maximum Gasteiger partial charge on any atom is 0.349 e. The van der Waals surface area contributed by atoms with Crippen LogP contribution in [0.1, 0.15) is 29.3 Å². The van der Waals surface area contributed by atoms with E-state index in [0.29, 0.717) is 17.3 Å². The van der Waals surface area contributed by atoms with Gasteiger partial charge in [0, 0.05) is 31.6 Å². The number of aromatic nitrogens is 1. The molecule has 1 aliphatic rings. The van der Waals surface area contributed by atoms with Crippen LogP contribution in [0.15, 0.2) is 57.7 Å². The lowest BCUT2D eigenvalue weighted by Gasteiger charge is -2.27. The van der Waals surface area contributed by atoms with Gasteiger partial charge < -0.3 is 9.15 Å². The van der Waals surface area contributed by atoms with Crippen molar-refractivity contribution < 1.29 is 13.9 Å². The zero-order chi connectivity index (χ0) is 23.5. The maximum atomic E-state index is 13.7. The number of benzene rings is 2. The zero-order valence-electron chi connectivity index (χ0n) is 19.2. The number of anilines is 1. The van der Waals surface area contributed by atoms with Crippen molar-refractivity contribution in [2.75, 3.05) is 44.3 Å². The second-order valence-corrected chi connectivity index (χ2v) is 9.37. The van der Waals surface area contributed by atoms with Gasteiger partial charge in [0.05, 0.1) is 23.4 Å². The molecule has 1 fully saturated rings. The third-order valence-corrected chi connectivity index (χ3v) is 7.22. The summed E-state index contributed by atoms with van der Waals surface area (Å²) in [5.41, 5.74) is 1.93. The average molecular weight is 478 g/mol. The number of ether oxygens (including phenoxy) is 1. The minimum Gasteiger partial charge on any atom is -0.422 e. The Hall–Kier alpha value is -3.07. The van der Waals surface area contributed by atoms with Gasteiger partial charge in [0.25, 0.3) is 5.91 Å². The summed E-state index contributed by atoms with van der Waals surface area (Å²) in [5, 5.41) is 1.33. The standard InChI is InChI=1S/C26H27N3O4S/c1-2-18-8-5-10-22-23(18)27-26(34-22)29(12-6-11-28-13-15-32-16-14-28)24(30)20-17-19-7-3-4-9-21(19)33-25(20)31/h3-5,7-10,17H,2,6,11-16H2,1H3. The Kier molecular flexibility index (Phi) is 6.71. The van der Waals surface area contributed by atoms with Crippen molar-refractivity contribution in [3.63, 3.8) is 0 Å². The summed E-state index contributed by atoms with van der Waals surface area (Å²) in [4.78, 5) is 35.3. The summed E-state index contributed by atoms with van der Waals surface area (Å²) in [6.45, 7) is 6.66. The summed E-state index contributed by atoms with van der Waals surface area (Å²) in [5.74, 6) is -0.376. The predicted octanol–water partition coefficient (Wildman–Crippen LogP) is 4.33. The Morgan fingerprint density at radius 1 is 1.15 bits per heavy atom. The quantitative estimate of drug-likeness (QED) is 0.369. The number of hydrogen-bond donors (Lipinski definition) is 0. The van der Waals surface area contributed by atoms with Crippen LogP contribution < -0.4 is 10.5 Å². The molecule has 4 aromatic rings. The number of amides is 1. The first-order chi connectivity index (χ1) is 16.6. The molecule has 0 aliphatic carbocycles. The first-order valence-corrected chi connectivity index (χ1v) is 12.5. The van der Waals surface area contributed by atoms with Crippen LogP contribution in [0.3, 0.4) is 0 Å². The van der Waals surface area contributed by atoms with Crippen LogP contribution in [0.2, 0.25) is 0 Å². The average Bonchev–Trinajstić information content (AvgIpc) is 3.30. The van der Waals surface area contributed by atoms with Gasteiger partial charge in [0.15, 0.2) is 5.13 Å². The topological polar surface area (TPSA) is 75.9 Å². The summed E-state index contributed by atoms with van der Waals surface area (Å²) in [6, 6.07) is 15.0.